The summed E-state index contributed by atoms with van der Waals surface area (Å²) < 4.78 is 7.60. The number of hydrogen-bond donors (Lipinski definition) is 1. The molecule has 1 aliphatic rings. The van der Waals surface area contributed by atoms with Crippen LogP contribution in [0.25, 0.3) is 11.0 Å². The quantitative estimate of drug-likeness (QED) is 0.920. The molecule has 0 amide bonds. The maximum atomic E-state index is 10.3. The van der Waals surface area contributed by atoms with Gasteiger partial charge in [0, 0.05) is 25.6 Å². The first kappa shape index (κ1) is 17.1. The van der Waals surface area contributed by atoms with E-state index in [1.54, 1.807) is 10.9 Å². The number of hydrogen-bond acceptors (Lipinski definition) is 6. The van der Waals surface area contributed by atoms with Crippen LogP contribution in [0.1, 0.15) is 40.4 Å². The van der Waals surface area contributed by atoms with Crippen LogP contribution in [0.2, 0.25) is 0 Å². The number of β-amino-alcohol motifs (C(OH)–C–C–N with tert-alkyl or cyclic N) is 1. The fourth-order valence-corrected chi connectivity index (χ4v) is 3.00. The predicted molar refractivity (Wildman–Crippen MR) is 93.2 cm³/mol. The molecular formula is C17H27N5O2. The fourth-order valence-electron chi connectivity index (χ4n) is 3.00. The number of ether oxygens (including phenoxy) is 1. The molecule has 7 nitrogen and oxygen atoms in total. The molecule has 7 heteroatoms. The van der Waals surface area contributed by atoms with Crippen molar-refractivity contribution in [2.24, 2.45) is 7.05 Å². The van der Waals surface area contributed by atoms with Gasteiger partial charge in [0.2, 0.25) is 0 Å². The molecule has 2 aromatic heterocycles. The molecule has 1 N–H and O–H groups in total. The number of rotatable bonds is 3. The van der Waals surface area contributed by atoms with Crippen molar-refractivity contribution in [2.75, 3.05) is 18.0 Å². The molecule has 2 atom stereocenters. The maximum absolute atomic E-state index is 10.3. The second-order valence-electron chi connectivity index (χ2n) is 7.82. The molecular weight excluding hydrogens is 306 g/mol. The van der Waals surface area contributed by atoms with Gasteiger partial charge in [-0.2, -0.15) is 5.10 Å². The highest BCUT2D eigenvalue weighted by molar-refractivity contribution is 5.87. The molecule has 0 bridgehead atoms. The van der Waals surface area contributed by atoms with Crippen LogP contribution >= 0.6 is 0 Å². The number of aryl methyl sites for hydroxylation is 1. The lowest BCUT2D eigenvalue weighted by atomic mass is 9.95. The molecule has 0 unspecified atom stereocenters. The zero-order chi connectivity index (χ0) is 17.6. The van der Waals surface area contributed by atoms with E-state index in [4.69, 9.17) is 14.7 Å². The number of aliphatic hydroxyl groups excluding tert-OH is 1. The topological polar surface area (TPSA) is 76.3 Å². The highest BCUT2D eigenvalue weighted by Crippen LogP contribution is 2.30. The van der Waals surface area contributed by atoms with Crippen LogP contribution in [0.15, 0.2) is 6.20 Å². The van der Waals surface area contributed by atoms with Crippen LogP contribution in [0.5, 0.6) is 0 Å². The Morgan fingerprint density at radius 2 is 1.96 bits per heavy atom. The molecule has 3 rings (SSSR count). The molecule has 0 spiro atoms. The van der Waals surface area contributed by atoms with Crippen molar-refractivity contribution in [1.29, 1.82) is 0 Å². The fraction of sp³-hybridized carbons (Fsp3) is 0.706. The normalized spacial score (nSPS) is 22.1. The van der Waals surface area contributed by atoms with E-state index < -0.39 is 6.10 Å². The van der Waals surface area contributed by atoms with Gasteiger partial charge in [0.1, 0.15) is 17.7 Å². The number of aromatic nitrogens is 4. The van der Waals surface area contributed by atoms with Crippen LogP contribution in [0.3, 0.4) is 0 Å². The molecule has 2 aromatic rings. The Morgan fingerprint density at radius 3 is 2.58 bits per heavy atom. The van der Waals surface area contributed by atoms with E-state index in [2.05, 4.69) is 30.8 Å². The third-order valence-electron chi connectivity index (χ3n) is 4.23. The lowest BCUT2D eigenvalue weighted by molar-refractivity contribution is -0.0386. The zero-order valence-electron chi connectivity index (χ0n) is 15.3. The Bertz CT molecular complexity index is 734. The third-order valence-corrected chi connectivity index (χ3v) is 4.23. The lowest BCUT2D eigenvalue weighted by Crippen LogP contribution is -2.29. The van der Waals surface area contributed by atoms with Crippen molar-refractivity contribution in [3.05, 3.63) is 12.0 Å². The van der Waals surface area contributed by atoms with Gasteiger partial charge in [-0.15, -0.1) is 0 Å². The van der Waals surface area contributed by atoms with E-state index in [9.17, 15) is 5.11 Å². The summed E-state index contributed by atoms with van der Waals surface area (Å²) in [5, 5.41) is 15.6. The first-order chi connectivity index (χ1) is 11.2. The monoisotopic (exact) mass is 333 g/mol. The molecule has 0 saturated carbocycles. The first-order valence-electron chi connectivity index (χ1n) is 8.45. The van der Waals surface area contributed by atoms with Gasteiger partial charge in [0.05, 0.1) is 23.8 Å². The van der Waals surface area contributed by atoms with Crippen molar-refractivity contribution in [1.82, 2.24) is 19.7 Å². The van der Waals surface area contributed by atoms with Crippen LogP contribution in [0.4, 0.5) is 5.82 Å². The number of anilines is 1. The summed E-state index contributed by atoms with van der Waals surface area (Å²) in [6, 6.07) is 0. The minimum atomic E-state index is -0.521. The van der Waals surface area contributed by atoms with Crippen molar-refractivity contribution < 1.29 is 9.84 Å². The van der Waals surface area contributed by atoms with Crippen molar-refractivity contribution in [3.8, 4) is 0 Å². The molecule has 0 aromatic carbocycles. The Morgan fingerprint density at radius 1 is 1.25 bits per heavy atom. The van der Waals surface area contributed by atoms with E-state index in [-0.39, 0.29) is 17.6 Å². The van der Waals surface area contributed by atoms with E-state index in [0.29, 0.717) is 13.1 Å². The van der Waals surface area contributed by atoms with E-state index in [1.165, 1.54) is 0 Å². The predicted octanol–water partition coefficient (Wildman–Crippen LogP) is 1.64. The molecule has 0 radical (unpaired) electrons. The summed E-state index contributed by atoms with van der Waals surface area (Å²) >= 11 is 0. The smallest absolute Gasteiger partial charge is 0.163 e. The third kappa shape index (κ3) is 3.10. The van der Waals surface area contributed by atoms with Crippen molar-refractivity contribution >= 4 is 16.9 Å². The van der Waals surface area contributed by atoms with Crippen LogP contribution in [0, 0.1) is 0 Å². The van der Waals surface area contributed by atoms with Gasteiger partial charge in [-0.3, -0.25) is 4.68 Å². The Kier molecular flexibility index (Phi) is 4.25. The maximum Gasteiger partial charge on any atom is 0.163 e. The van der Waals surface area contributed by atoms with Gasteiger partial charge in [-0.05, 0) is 13.8 Å². The lowest BCUT2D eigenvalue weighted by Gasteiger charge is -2.22. The minimum Gasteiger partial charge on any atom is -0.388 e. The summed E-state index contributed by atoms with van der Waals surface area (Å²) in [6.07, 6.45) is 1.15. The Balaban J connectivity index is 2.03. The van der Waals surface area contributed by atoms with Gasteiger partial charge < -0.3 is 14.7 Å². The van der Waals surface area contributed by atoms with Gasteiger partial charge in [0.15, 0.2) is 5.65 Å². The molecule has 1 fully saturated rings. The van der Waals surface area contributed by atoms with E-state index in [1.807, 2.05) is 20.9 Å². The molecule has 132 valence electrons. The number of aliphatic hydroxyl groups is 1. The van der Waals surface area contributed by atoms with E-state index in [0.717, 1.165) is 22.7 Å². The van der Waals surface area contributed by atoms with Crippen LogP contribution in [-0.4, -0.2) is 56.3 Å². The average Bonchev–Trinajstić information content (AvgIpc) is 3.01. The zero-order valence-corrected chi connectivity index (χ0v) is 15.3. The Labute approximate surface area is 142 Å². The highest BCUT2D eigenvalue weighted by Gasteiger charge is 2.35. The van der Waals surface area contributed by atoms with E-state index >= 15 is 0 Å². The highest BCUT2D eigenvalue weighted by atomic mass is 16.5. The summed E-state index contributed by atoms with van der Waals surface area (Å²) in [5.74, 6) is 1.60. The summed E-state index contributed by atoms with van der Waals surface area (Å²) in [4.78, 5) is 11.6. The Hall–Kier alpha value is -1.73. The molecule has 1 saturated heterocycles. The minimum absolute atomic E-state index is 0.0820. The second-order valence-corrected chi connectivity index (χ2v) is 7.82. The first-order valence-corrected chi connectivity index (χ1v) is 8.45. The summed E-state index contributed by atoms with van der Waals surface area (Å²) in [7, 11) is 1.88. The molecule has 24 heavy (non-hydrogen) atoms. The average molecular weight is 333 g/mol. The standard InChI is InChI=1S/C17H27N5O2/c1-10(2)24-13-9-22(8-12(13)23)15-11-7-18-21(6)14(11)19-16(20-15)17(3,4)5/h7,10,12-13,23H,8-9H2,1-6H3/t12-,13-/m1/s1. The summed E-state index contributed by atoms with van der Waals surface area (Å²) in [5.41, 5.74) is 0.645. The van der Waals surface area contributed by atoms with Crippen molar-refractivity contribution in [2.45, 2.75) is 58.3 Å². The molecule has 1 aliphatic heterocycles. The van der Waals surface area contributed by atoms with Crippen molar-refractivity contribution in [3.63, 3.8) is 0 Å². The second kappa shape index (κ2) is 5.97. The van der Waals surface area contributed by atoms with Gasteiger partial charge in [-0.25, -0.2) is 9.97 Å². The van der Waals surface area contributed by atoms with Gasteiger partial charge in [-0.1, -0.05) is 20.8 Å². The summed E-state index contributed by atoms with van der Waals surface area (Å²) in [6.45, 7) is 11.4. The van der Waals surface area contributed by atoms with Crippen LogP contribution in [-0.2, 0) is 17.2 Å². The van der Waals surface area contributed by atoms with Crippen LogP contribution < -0.4 is 4.90 Å². The SMILES string of the molecule is CC(C)O[C@@H]1CN(c2nc(C(C)(C)C)nc3c2cnn3C)C[C@H]1O. The van der Waals surface area contributed by atoms with Gasteiger partial charge >= 0.3 is 0 Å². The largest absolute Gasteiger partial charge is 0.388 e. The molecule has 0 aliphatic carbocycles. The number of fused-ring (bicyclic) bond motifs is 1. The molecule has 3 heterocycles. The van der Waals surface area contributed by atoms with Gasteiger partial charge in [0.25, 0.3) is 0 Å². The number of nitrogens with zero attached hydrogens (tertiary/aromatic N) is 5.